The van der Waals surface area contributed by atoms with Gasteiger partial charge < -0.3 is 9.80 Å². The van der Waals surface area contributed by atoms with Crippen LogP contribution in [0.1, 0.15) is 122 Å². The zero-order chi connectivity index (χ0) is 25.1. The fourth-order valence-corrected chi connectivity index (χ4v) is 5.18. The summed E-state index contributed by atoms with van der Waals surface area (Å²) >= 11 is 0. The first-order chi connectivity index (χ1) is 15.2. The van der Waals surface area contributed by atoms with Gasteiger partial charge in [0.25, 0.3) is 0 Å². The van der Waals surface area contributed by atoms with Gasteiger partial charge in [0.2, 0.25) is 0 Å². The average molecular weight is 455 g/mol. The maximum atomic E-state index is 2.64. The Morgan fingerprint density at radius 1 is 0.469 bits per heavy atom. The van der Waals surface area contributed by atoms with Crippen LogP contribution in [0.3, 0.4) is 0 Å². The first-order valence-corrected chi connectivity index (χ1v) is 14.6. The van der Waals surface area contributed by atoms with E-state index in [0.717, 1.165) is 35.5 Å². The molecule has 0 spiro atoms. The van der Waals surface area contributed by atoms with Crippen LogP contribution in [0, 0.1) is 35.5 Å². The molecule has 2 saturated heterocycles. The predicted octanol–water partition coefficient (Wildman–Crippen LogP) is 8.85. The number of hydrogen-bond acceptors (Lipinski definition) is 2. The minimum Gasteiger partial charge on any atom is -0.303 e. The van der Waals surface area contributed by atoms with E-state index in [1.165, 1.54) is 77.8 Å². The fraction of sp³-hybridized carbons (Fsp3) is 1.00. The fourth-order valence-electron chi connectivity index (χ4n) is 5.18. The van der Waals surface area contributed by atoms with Crippen molar-refractivity contribution >= 4 is 0 Å². The van der Waals surface area contributed by atoms with E-state index < -0.39 is 0 Å². The van der Waals surface area contributed by atoms with Crippen molar-refractivity contribution in [3.05, 3.63) is 0 Å². The van der Waals surface area contributed by atoms with Gasteiger partial charge in [-0.05, 0) is 100 Å². The molecule has 0 aromatic rings. The summed E-state index contributed by atoms with van der Waals surface area (Å²) in [7, 11) is 0. The molecule has 2 aliphatic heterocycles. The molecule has 2 fully saturated rings. The molecule has 2 rings (SSSR count). The Bertz CT molecular complexity index is 287. The Kier molecular flexibility index (Phi) is 22.9. The highest BCUT2D eigenvalue weighted by molar-refractivity contribution is 4.74. The van der Waals surface area contributed by atoms with Crippen molar-refractivity contribution in [2.24, 2.45) is 35.5 Å². The van der Waals surface area contributed by atoms with Gasteiger partial charge in [-0.3, -0.25) is 0 Å². The van der Waals surface area contributed by atoms with E-state index in [9.17, 15) is 0 Å². The lowest BCUT2D eigenvalue weighted by Gasteiger charge is -2.33. The van der Waals surface area contributed by atoms with E-state index in [2.05, 4.69) is 65.2 Å². The highest BCUT2D eigenvalue weighted by atomic mass is 15.1. The first-order valence-electron chi connectivity index (χ1n) is 14.6. The van der Waals surface area contributed by atoms with Crippen molar-refractivity contribution in [3.63, 3.8) is 0 Å². The second-order valence-corrected chi connectivity index (χ2v) is 11.5. The minimum atomic E-state index is 0.830. The van der Waals surface area contributed by atoms with Gasteiger partial charge in [0.05, 0.1) is 0 Å². The molecule has 0 unspecified atom stereocenters. The summed E-state index contributed by atoms with van der Waals surface area (Å²) < 4.78 is 0. The Morgan fingerprint density at radius 3 is 0.906 bits per heavy atom. The molecule has 0 aliphatic carbocycles. The van der Waals surface area contributed by atoms with Crippen LogP contribution >= 0.6 is 0 Å². The molecule has 0 amide bonds. The molecule has 0 bridgehead atoms. The van der Waals surface area contributed by atoms with E-state index in [1.54, 1.807) is 0 Å². The van der Waals surface area contributed by atoms with Crippen molar-refractivity contribution in [3.8, 4) is 0 Å². The topological polar surface area (TPSA) is 6.48 Å². The molecule has 2 aliphatic rings. The second kappa shape index (κ2) is 21.5. The summed E-state index contributed by atoms with van der Waals surface area (Å²) in [5.41, 5.74) is 0. The minimum absolute atomic E-state index is 0.830. The average Bonchev–Trinajstić information content (AvgIpc) is 2.73. The molecule has 2 heterocycles. The normalized spacial score (nSPS) is 18.8. The number of rotatable bonds is 8. The van der Waals surface area contributed by atoms with Crippen molar-refractivity contribution in [1.82, 2.24) is 9.80 Å². The van der Waals surface area contributed by atoms with Crippen LogP contribution in [0.5, 0.6) is 0 Å². The molecule has 32 heavy (non-hydrogen) atoms. The lowest BCUT2D eigenvalue weighted by Crippen LogP contribution is -2.36. The van der Waals surface area contributed by atoms with Gasteiger partial charge in [-0.25, -0.2) is 0 Å². The smallest absolute Gasteiger partial charge is 0.000439 e. The van der Waals surface area contributed by atoms with Crippen LogP contribution in [-0.2, 0) is 0 Å². The summed E-state index contributed by atoms with van der Waals surface area (Å²) in [5.74, 6) is 5.46. The van der Waals surface area contributed by atoms with Crippen molar-refractivity contribution in [2.45, 2.75) is 122 Å². The van der Waals surface area contributed by atoms with Crippen molar-refractivity contribution in [2.75, 3.05) is 39.3 Å². The van der Waals surface area contributed by atoms with Crippen LogP contribution in [0.15, 0.2) is 0 Å². The quantitative estimate of drug-likeness (QED) is 0.361. The van der Waals surface area contributed by atoms with Gasteiger partial charge in [0.15, 0.2) is 0 Å². The van der Waals surface area contributed by atoms with E-state index in [0.29, 0.717) is 0 Å². The molecule has 196 valence electrons. The highest BCUT2D eigenvalue weighted by Crippen LogP contribution is 2.25. The zero-order valence-electron chi connectivity index (χ0n) is 24.8. The highest BCUT2D eigenvalue weighted by Gasteiger charge is 2.21. The van der Waals surface area contributed by atoms with E-state index >= 15 is 0 Å². The van der Waals surface area contributed by atoms with Crippen LogP contribution < -0.4 is 0 Å². The Hall–Kier alpha value is -0.0800. The number of hydrogen-bond donors (Lipinski definition) is 0. The third-order valence-electron chi connectivity index (χ3n) is 6.27. The molecule has 0 radical (unpaired) electrons. The van der Waals surface area contributed by atoms with Crippen LogP contribution in [-0.4, -0.2) is 49.1 Å². The first kappa shape index (κ1) is 34.1. The number of nitrogens with zero attached hydrogens (tertiary/aromatic N) is 2. The molecular formula is C30H66N2. The summed E-state index contributed by atoms with van der Waals surface area (Å²) in [4.78, 5) is 5.28. The summed E-state index contributed by atoms with van der Waals surface area (Å²) in [6, 6.07) is 0. The van der Waals surface area contributed by atoms with Crippen molar-refractivity contribution in [1.29, 1.82) is 0 Å². The molecule has 2 nitrogen and oxygen atoms in total. The van der Waals surface area contributed by atoms with Gasteiger partial charge >= 0.3 is 0 Å². The van der Waals surface area contributed by atoms with Crippen LogP contribution in [0.4, 0.5) is 0 Å². The zero-order valence-corrected chi connectivity index (χ0v) is 24.8. The van der Waals surface area contributed by atoms with Gasteiger partial charge in [-0.1, -0.05) is 83.1 Å². The van der Waals surface area contributed by atoms with Crippen molar-refractivity contribution < 1.29 is 0 Å². The Labute approximate surface area is 206 Å². The van der Waals surface area contributed by atoms with E-state index in [4.69, 9.17) is 0 Å². The molecule has 0 aromatic heterocycles. The molecule has 0 aromatic carbocycles. The summed E-state index contributed by atoms with van der Waals surface area (Å²) in [6.45, 7) is 34.6. The lowest BCUT2D eigenvalue weighted by molar-refractivity contribution is 0.156. The Balaban J connectivity index is 0. The molecule has 2 heteroatoms. The summed E-state index contributed by atoms with van der Waals surface area (Å²) in [5, 5.41) is 0. The maximum Gasteiger partial charge on any atom is 0.000439 e. The molecule has 0 atom stereocenters. The Morgan fingerprint density at radius 2 is 0.719 bits per heavy atom. The summed E-state index contributed by atoms with van der Waals surface area (Å²) in [6.07, 6.45) is 8.62. The SMILES string of the molecule is CC.CC.CC(C)CC1CCN(CC(C)C)CC1.CC(C)CC1CCN(CC(C)C)CC1. The standard InChI is InChI=1S/2C13H27N.2C2H6/c2*1-11(2)9-13-5-7-14(8-6-13)10-12(3)4;2*1-2/h2*11-13H,5-10H2,1-4H3;2*1-2H3. The molecular weight excluding hydrogens is 388 g/mol. The third-order valence-corrected chi connectivity index (χ3v) is 6.27. The molecule has 0 saturated carbocycles. The maximum absolute atomic E-state index is 2.64. The van der Waals surface area contributed by atoms with Crippen LogP contribution in [0.2, 0.25) is 0 Å². The number of likely N-dealkylation sites (tertiary alicyclic amines) is 2. The number of piperidine rings is 2. The largest absolute Gasteiger partial charge is 0.303 e. The van der Waals surface area contributed by atoms with Gasteiger partial charge in [-0.2, -0.15) is 0 Å². The van der Waals surface area contributed by atoms with Crippen LogP contribution in [0.25, 0.3) is 0 Å². The molecule has 0 N–H and O–H groups in total. The van der Waals surface area contributed by atoms with E-state index in [1.807, 2.05) is 27.7 Å². The van der Waals surface area contributed by atoms with Gasteiger partial charge in [0.1, 0.15) is 0 Å². The lowest BCUT2D eigenvalue weighted by atomic mass is 9.88. The van der Waals surface area contributed by atoms with Gasteiger partial charge in [-0.15, -0.1) is 0 Å². The van der Waals surface area contributed by atoms with E-state index in [-0.39, 0.29) is 0 Å². The van der Waals surface area contributed by atoms with Gasteiger partial charge in [0, 0.05) is 13.1 Å². The predicted molar refractivity (Wildman–Crippen MR) is 150 cm³/mol. The third kappa shape index (κ3) is 19.4. The monoisotopic (exact) mass is 455 g/mol. The second-order valence-electron chi connectivity index (χ2n) is 11.5.